The SMILES string of the molecule is OCCOc1ccc(-n2ccnc2-c2cccnc2)cc1. The number of pyridine rings is 1. The van der Waals surface area contributed by atoms with E-state index in [0.29, 0.717) is 6.61 Å². The van der Waals surface area contributed by atoms with Crippen molar-refractivity contribution in [1.29, 1.82) is 0 Å². The minimum atomic E-state index is 0.00836. The van der Waals surface area contributed by atoms with Gasteiger partial charge in [-0.05, 0) is 36.4 Å². The Morgan fingerprint density at radius 2 is 1.95 bits per heavy atom. The Kier molecular flexibility index (Phi) is 3.93. The molecule has 1 aromatic carbocycles. The molecule has 0 bridgehead atoms. The number of imidazole rings is 1. The monoisotopic (exact) mass is 281 g/mol. The number of hydrogen-bond acceptors (Lipinski definition) is 4. The van der Waals surface area contributed by atoms with Crippen molar-refractivity contribution in [3.8, 4) is 22.8 Å². The van der Waals surface area contributed by atoms with Gasteiger partial charge in [0.1, 0.15) is 18.2 Å². The Bertz CT molecular complexity index is 693. The van der Waals surface area contributed by atoms with E-state index >= 15 is 0 Å². The van der Waals surface area contributed by atoms with Crippen molar-refractivity contribution in [2.24, 2.45) is 0 Å². The lowest BCUT2D eigenvalue weighted by Gasteiger charge is -2.09. The van der Waals surface area contributed by atoms with Gasteiger partial charge in [-0.15, -0.1) is 0 Å². The number of rotatable bonds is 5. The number of aliphatic hydroxyl groups is 1. The number of nitrogens with zero attached hydrogens (tertiary/aromatic N) is 3. The normalized spacial score (nSPS) is 10.5. The molecule has 5 heteroatoms. The second kappa shape index (κ2) is 6.19. The van der Waals surface area contributed by atoms with Crippen LogP contribution in [0.2, 0.25) is 0 Å². The van der Waals surface area contributed by atoms with Crippen LogP contribution in [0.3, 0.4) is 0 Å². The lowest BCUT2D eigenvalue weighted by molar-refractivity contribution is 0.201. The molecule has 106 valence electrons. The molecule has 3 rings (SSSR count). The van der Waals surface area contributed by atoms with Gasteiger partial charge < -0.3 is 9.84 Å². The fourth-order valence-electron chi connectivity index (χ4n) is 2.09. The van der Waals surface area contributed by atoms with Gasteiger partial charge >= 0.3 is 0 Å². The Labute approximate surface area is 122 Å². The van der Waals surface area contributed by atoms with Crippen LogP contribution in [0.15, 0.2) is 61.2 Å². The Hall–Kier alpha value is -2.66. The zero-order valence-electron chi connectivity index (χ0n) is 11.4. The van der Waals surface area contributed by atoms with E-state index in [-0.39, 0.29) is 6.61 Å². The van der Waals surface area contributed by atoms with E-state index in [4.69, 9.17) is 9.84 Å². The fourth-order valence-corrected chi connectivity index (χ4v) is 2.09. The van der Waals surface area contributed by atoms with Crippen LogP contribution >= 0.6 is 0 Å². The number of aromatic nitrogens is 3. The average Bonchev–Trinajstić information content (AvgIpc) is 3.04. The van der Waals surface area contributed by atoms with Gasteiger partial charge in [0.2, 0.25) is 0 Å². The molecule has 0 aliphatic rings. The minimum absolute atomic E-state index is 0.00836. The van der Waals surface area contributed by atoms with E-state index in [1.807, 2.05) is 47.2 Å². The first kappa shape index (κ1) is 13.3. The van der Waals surface area contributed by atoms with E-state index in [2.05, 4.69) is 9.97 Å². The van der Waals surface area contributed by atoms with Crippen molar-refractivity contribution < 1.29 is 9.84 Å². The maximum absolute atomic E-state index is 8.75. The second-order valence-corrected chi connectivity index (χ2v) is 4.43. The third kappa shape index (κ3) is 2.93. The number of ether oxygens (including phenoxy) is 1. The quantitative estimate of drug-likeness (QED) is 0.779. The van der Waals surface area contributed by atoms with Crippen LogP contribution in [0.1, 0.15) is 0 Å². The standard InChI is InChI=1S/C16H15N3O2/c20-10-11-21-15-5-3-14(4-6-15)19-9-8-18-16(19)13-2-1-7-17-12-13/h1-9,12,20H,10-11H2. The second-order valence-electron chi connectivity index (χ2n) is 4.43. The van der Waals surface area contributed by atoms with Crippen LogP contribution in [0.5, 0.6) is 5.75 Å². The lowest BCUT2D eigenvalue weighted by atomic mass is 10.2. The summed E-state index contributed by atoms with van der Waals surface area (Å²) in [5.74, 6) is 1.57. The molecule has 3 aromatic rings. The molecule has 0 saturated carbocycles. The van der Waals surface area contributed by atoms with Crippen molar-refractivity contribution in [2.45, 2.75) is 0 Å². The maximum atomic E-state index is 8.75. The molecule has 0 radical (unpaired) electrons. The third-order valence-corrected chi connectivity index (χ3v) is 3.04. The number of hydrogen-bond donors (Lipinski definition) is 1. The van der Waals surface area contributed by atoms with Crippen LogP contribution in [0, 0.1) is 0 Å². The summed E-state index contributed by atoms with van der Waals surface area (Å²) < 4.78 is 7.35. The van der Waals surface area contributed by atoms with Crippen molar-refractivity contribution in [3.05, 3.63) is 61.2 Å². The largest absolute Gasteiger partial charge is 0.491 e. The smallest absolute Gasteiger partial charge is 0.146 e. The molecule has 0 aliphatic carbocycles. The van der Waals surface area contributed by atoms with Gasteiger partial charge in [-0.3, -0.25) is 9.55 Å². The first-order valence-electron chi connectivity index (χ1n) is 6.66. The van der Waals surface area contributed by atoms with Gasteiger partial charge in [-0.25, -0.2) is 4.98 Å². The molecule has 0 amide bonds. The van der Waals surface area contributed by atoms with Crippen LogP contribution in [-0.2, 0) is 0 Å². The summed E-state index contributed by atoms with van der Waals surface area (Å²) in [5, 5.41) is 8.75. The van der Waals surface area contributed by atoms with Gasteiger partial charge in [0, 0.05) is 36.0 Å². The van der Waals surface area contributed by atoms with Gasteiger partial charge in [0.15, 0.2) is 0 Å². The van der Waals surface area contributed by atoms with Crippen LogP contribution in [-0.4, -0.2) is 32.9 Å². The molecule has 0 atom stereocenters. The van der Waals surface area contributed by atoms with E-state index in [9.17, 15) is 0 Å². The van der Waals surface area contributed by atoms with Crippen LogP contribution in [0.25, 0.3) is 17.1 Å². The summed E-state index contributed by atoms with van der Waals surface area (Å²) in [6.07, 6.45) is 7.20. The molecule has 5 nitrogen and oxygen atoms in total. The average molecular weight is 281 g/mol. The number of benzene rings is 1. The highest BCUT2D eigenvalue weighted by molar-refractivity contribution is 5.57. The lowest BCUT2D eigenvalue weighted by Crippen LogP contribution is -2.02. The molecule has 0 saturated heterocycles. The zero-order valence-corrected chi connectivity index (χ0v) is 11.4. The molecule has 2 aromatic heterocycles. The minimum Gasteiger partial charge on any atom is -0.491 e. The summed E-state index contributed by atoms with van der Waals surface area (Å²) >= 11 is 0. The Balaban J connectivity index is 1.90. The van der Waals surface area contributed by atoms with Crippen LogP contribution in [0.4, 0.5) is 0 Å². The summed E-state index contributed by atoms with van der Waals surface area (Å²) in [7, 11) is 0. The molecule has 0 fully saturated rings. The highest BCUT2D eigenvalue weighted by Gasteiger charge is 2.07. The maximum Gasteiger partial charge on any atom is 0.146 e. The molecular formula is C16H15N3O2. The van der Waals surface area contributed by atoms with E-state index in [1.165, 1.54) is 0 Å². The van der Waals surface area contributed by atoms with Gasteiger partial charge in [-0.2, -0.15) is 0 Å². The summed E-state index contributed by atoms with van der Waals surface area (Å²) in [5.41, 5.74) is 1.95. The van der Waals surface area contributed by atoms with Crippen molar-refractivity contribution >= 4 is 0 Å². The van der Waals surface area contributed by atoms with Gasteiger partial charge in [0.05, 0.1) is 6.61 Å². The summed E-state index contributed by atoms with van der Waals surface area (Å²) in [6, 6.07) is 11.5. The fraction of sp³-hybridized carbons (Fsp3) is 0.125. The molecule has 0 unspecified atom stereocenters. The Morgan fingerprint density at radius 3 is 2.67 bits per heavy atom. The Morgan fingerprint density at radius 1 is 1.10 bits per heavy atom. The zero-order chi connectivity index (χ0) is 14.5. The molecular weight excluding hydrogens is 266 g/mol. The number of aliphatic hydroxyl groups excluding tert-OH is 1. The molecule has 0 aliphatic heterocycles. The predicted molar refractivity (Wildman–Crippen MR) is 79.4 cm³/mol. The van der Waals surface area contributed by atoms with Crippen molar-refractivity contribution in [2.75, 3.05) is 13.2 Å². The molecule has 0 spiro atoms. The third-order valence-electron chi connectivity index (χ3n) is 3.04. The summed E-state index contributed by atoms with van der Waals surface area (Å²) in [6.45, 7) is 0.305. The van der Waals surface area contributed by atoms with Crippen molar-refractivity contribution in [3.63, 3.8) is 0 Å². The summed E-state index contributed by atoms with van der Waals surface area (Å²) in [4.78, 5) is 8.52. The van der Waals surface area contributed by atoms with Crippen LogP contribution < -0.4 is 4.74 Å². The van der Waals surface area contributed by atoms with E-state index in [1.54, 1.807) is 18.6 Å². The topological polar surface area (TPSA) is 60.2 Å². The first-order valence-corrected chi connectivity index (χ1v) is 6.66. The van der Waals surface area contributed by atoms with Crippen molar-refractivity contribution in [1.82, 2.24) is 14.5 Å². The van der Waals surface area contributed by atoms with Gasteiger partial charge in [0.25, 0.3) is 0 Å². The van der Waals surface area contributed by atoms with Gasteiger partial charge in [-0.1, -0.05) is 0 Å². The molecule has 21 heavy (non-hydrogen) atoms. The first-order chi connectivity index (χ1) is 10.4. The highest BCUT2D eigenvalue weighted by Crippen LogP contribution is 2.22. The predicted octanol–water partition coefficient (Wildman–Crippen LogP) is 2.31. The van der Waals surface area contributed by atoms with E-state index in [0.717, 1.165) is 22.8 Å². The van der Waals surface area contributed by atoms with E-state index < -0.39 is 0 Å². The molecule has 2 heterocycles. The highest BCUT2D eigenvalue weighted by atomic mass is 16.5. The molecule has 1 N–H and O–H groups in total.